The number of imidazole rings is 1. The minimum Gasteiger partial charge on any atom is -0.394 e. The number of nitrogens with zero attached hydrogens (tertiary/aromatic N) is 2. The van der Waals surface area contributed by atoms with Crippen LogP contribution >= 0.6 is 0 Å². The molecule has 1 fully saturated rings. The van der Waals surface area contributed by atoms with Gasteiger partial charge in [0.1, 0.15) is 30.2 Å². The lowest BCUT2D eigenvalue weighted by molar-refractivity contribution is -0.118. The predicted molar refractivity (Wildman–Crippen MR) is 84.7 cm³/mol. The summed E-state index contributed by atoms with van der Waals surface area (Å²) in [4.78, 5) is 37.1. The molecule has 136 valence electrons. The molecular formula is C14H19N5O6. The third kappa shape index (κ3) is 3.14. The molecule has 0 unspecified atom stereocenters. The number of ether oxygens (including phenoxy) is 1. The predicted octanol–water partition coefficient (Wildman–Crippen LogP) is -1.61. The molecule has 11 heteroatoms. The maximum atomic E-state index is 12.1. The van der Waals surface area contributed by atoms with E-state index in [0.29, 0.717) is 0 Å². The van der Waals surface area contributed by atoms with Crippen LogP contribution in [0, 0.1) is 5.92 Å². The number of aliphatic hydroxyl groups excluding tert-OH is 3. The van der Waals surface area contributed by atoms with Gasteiger partial charge in [0.25, 0.3) is 5.56 Å². The molecule has 0 spiro atoms. The molecule has 1 aliphatic rings. The maximum absolute atomic E-state index is 12.1. The van der Waals surface area contributed by atoms with Gasteiger partial charge in [0.05, 0.1) is 6.61 Å². The van der Waals surface area contributed by atoms with Gasteiger partial charge in [-0.05, 0) is 0 Å². The second kappa shape index (κ2) is 6.52. The summed E-state index contributed by atoms with van der Waals surface area (Å²) < 4.78 is 5.36. The van der Waals surface area contributed by atoms with Crippen molar-refractivity contribution in [2.45, 2.75) is 38.3 Å². The van der Waals surface area contributed by atoms with E-state index in [0.717, 1.165) is 0 Å². The lowest BCUT2D eigenvalue weighted by atomic mass is 10.1. The first kappa shape index (κ1) is 17.5. The van der Waals surface area contributed by atoms with Crippen molar-refractivity contribution in [1.29, 1.82) is 0 Å². The molecular weight excluding hydrogens is 334 g/mol. The molecule has 2 aromatic rings. The summed E-state index contributed by atoms with van der Waals surface area (Å²) in [5.41, 5.74) is -0.500. The van der Waals surface area contributed by atoms with Crippen LogP contribution in [0.1, 0.15) is 25.8 Å². The molecule has 6 N–H and O–H groups in total. The number of amides is 1. The quantitative estimate of drug-likeness (QED) is 0.381. The van der Waals surface area contributed by atoms with Crippen LogP contribution in [0.4, 0.5) is 5.95 Å². The molecule has 0 aliphatic carbocycles. The number of anilines is 1. The number of fused-ring (bicyclic) bond motifs is 1. The Bertz CT molecular complexity index is 846. The monoisotopic (exact) mass is 353 g/mol. The molecule has 11 nitrogen and oxygen atoms in total. The minimum atomic E-state index is -1.32. The standard InChI is InChI=1S/C14H19N5O6/c1-4(2)12(23)18-14-17-10-6(13(24)19-14)15-11(16-10)9-8(22)7(21)5(3-20)25-9/h4-5,7-9,20-22H,3H2,1-2H3,(H3,15,16,17,18,19,23,24)/t5-,7-,8+,9-/m1/s1. The molecule has 4 atom stereocenters. The number of hydrogen-bond acceptors (Lipinski definition) is 8. The Morgan fingerprint density at radius 3 is 2.60 bits per heavy atom. The normalized spacial score (nSPS) is 26.5. The highest BCUT2D eigenvalue weighted by molar-refractivity contribution is 5.90. The van der Waals surface area contributed by atoms with Crippen molar-refractivity contribution in [2.75, 3.05) is 11.9 Å². The lowest BCUT2D eigenvalue weighted by Crippen LogP contribution is -2.32. The summed E-state index contributed by atoms with van der Waals surface area (Å²) >= 11 is 0. The first-order valence-electron chi connectivity index (χ1n) is 7.75. The van der Waals surface area contributed by atoms with Gasteiger partial charge in [0, 0.05) is 5.92 Å². The number of rotatable bonds is 4. The van der Waals surface area contributed by atoms with Crippen LogP contribution in [0.25, 0.3) is 11.2 Å². The number of hydrogen-bond donors (Lipinski definition) is 6. The Morgan fingerprint density at radius 2 is 2.00 bits per heavy atom. The number of nitrogens with one attached hydrogen (secondary N) is 3. The van der Waals surface area contributed by atoms with Gasteiger partial charge in [-0.25, -0.2) is 4.98 Å². The molecule has 1 amide bonds. The van der Waals surface area contributed by atoms with Gasteiger partial charge in [-0.15, -0.1) is 0 Å². The van der Waals surface area contributed by atoms with E-state index in [1.54, 1.807) is 13.8 Å². The number of aromatic amines is 2. The fourth-order valence-electron chi connectivity index (χ4n) is 2.51. The number of carbonyl (C=O) groups excluding carboxylic acids is 1. The van der Waals surface area contributed by atoms with Crippen molar-refractivity contribution in [2.24, 2.45) is 5.92 Å². The van der Waals surface area contributed by atoms with Crippen LogP contribution in [0.3, 0.4) is 0 Å². The summed E-state index contributed by atoms with van der Waals surface area (Å²) in [7, 11) is 0. The fraction of sp³-hybridized carbons (Fsp3) is 0.571. The van der Waals surface area contributed by atoms with E-state index >= 15 is 0 Å². The Labute approximate surface area is 141 Å². The smallest absolute Gasteiger partial charge is 0.278 e. The molecule has 3 rings (SSSR count). The van der Waals surface area contributed by atoms with Crippen molar-refractivity contribution in [3.63, 3.8) is 0 Å². The van der Waals surface area contributed by atoms with Crippen molar-refractivity contribution in [3.8, 4) is 0 Å². The summed E-state index contributed by atoms with van der Waals surface area (Å²) in [6, 6.07) is 0. The highest BCUT2D eigenvalue weighted by Crippen LogP contribution is 2.32. The van der Waals surface area contributed by atoms with Crippen molar-refractivity contribution < 1.29 is 24.9 Å². The van der Waals surface area contributed by atoms with E-state index in [9.17, 15) is 19.8 Å². The Kier molecular flexibility index (Phi) is 4.56. The SMILES string of the molecule is CC(C)C(=O)Nc1nc2nc([C@@H]3O[C@H](CO)[C@@H](O)[C@@H]3O)[nH]c2c(=O)[nH]1. The topological polar surface area (TPSA) is 173 Å². The zero-order valence-electron chi connectivity index (χ0n) is 13.6. The van der Waals surface area contributed by atoms with E-state index in [4.69, 9.17) is 9.84 Å². The van der Waals surface area contributed by atoms with E-state index in [1.807, 2.05) is 0 Å². The van der Waals surface area contributed by atoms with Gasteiger partial charge >= 0.3 is 0 Å². The second-order valence-corrected chi connectivity index (χ2v) is 6.14. The average Bonchev–Trinajstić information content (AvgIpc) is 3.10. The molecule has 0 radical (unpaired) electrons. The van der Waals surface area contributed by atoms with Crippen LogP contribution in [0.5, 0.6) is 0 Å². The van der Waals surface area contributed by atoms with E-state index in [2.05, 4.69) is 25.3 Å². The van der Waals surface area contributed by atoms with Gasteiger partial charge in [-0.3, -0.25) is 19.9 Å². The first-order chi connectivity index (χ1) is 11.8. The second-order valence-electron chi connectivity index (χ2n) is 6.14. The highest BCUT2D eigenvalue weighted by Gasteiger charge is 2.44. The maximum Gasteiger partial charge on any atom is 0.278 e. The van der Waals surface area contributed by atoms with Gasteiger partial charge in [0.2, 0.25) is 11.9 Å². The third-order valence-electron chi connectivity index (χ3n) is 3.96. The molecule has 1 saturated heterocycles. The van der Waals surface area contributed by atoms with Crippen LogP contribution < -0.4 is 10.9 Å². The number of aromatic nitrogens is 4. The van der Waals surface area contributed by atoms with Crippen LogP contribution in [-0.4, -0.2) is 66.1 Å². The largest absolute Gasteiger partial charge is 0.394 e. The van der Waals surface area contributed by atoms with Gasteiger partial charge < -0.3 is 25.0 Å². The summed E-state index contributed by atoms with van der Waals surface area (Å²) in [5.74, 6) is -0.574. The van der Waals surface area contributed by atoms with E-state index in [-0.39, 0.29) is 34.8 Å². The molecule has 0 bridgehead atoms. The first-order valence-corrected chi connectivity index (χ1v) is 7.75. The lowest BCUT2D eigenvalue weighted by Gasteiger charge is -2.11. The molecule has 3 heterocycles. The molecule has 0 aromatic carbocycles. The third-order valence-corrected chi connectivity index (χ3v) is 3.96. The Hall–Kier alpha value is -2.34. The molecule has 0 saturated carbocycles. The molecule has 1 aliphatic heterocycles. The van der Waals surface area contributed by atoms with Crippen LogP contribution in [0.2, 0.25) is 0 Å². The molecule has 25 heavy (non-hydrogen) atoms. The summed E-state index contributed by atoms with van der Waals surface area (Å²) in [5, 5.41) is 31.4. The van der Waals surface area contributed by atoms with E-state index < -0.39 is 36.6 Å². The van der Waals surface area contributed by atoms with Gasteiger partial charge in [-0.2, -0.15) is 4.98 Å². The Balaban J connectivity index is 1.94. The number of H-pyrrole nitrogens is 2. The summed E-state index contributed by atoms with van der Waals surface area (Å²) in [6.45, 7) is 2.92. The zero-order chi connectivity index (χ0) is 18.3. The van der Waals surface area contributed by atoms with Crippen molar-refractivity contribution in [3.05, 3.63) is 16.2 Å². The highest BCUT2D eigenvalue weighted by atomic mass is 16.6. The molecule has 2 aromatic heterocycles. The van der Waals surface area contributed by atoms with Gasteiger partial charge in [-0.1, -0.05) is 13.8 Å². The van der Waals surface area contributed by atoms with Crippen molar-refractivity contribution >= 4 is 23.0 Å². The van der Waals surface area contributed by atoms with Crippen molar-refractivity contribution in [1.82, 2.24) is 19.9 Å². The number of aliphatic hydroxyl groups is 3. The zero-order valence-corrected chi connectivity index (χ0v) is 13.6. The Morgan fingerprint density at radius 1 is 1.28 bits per heavy atom. The van der Waals surface area contributed by atoms with Gasteiger partial charge in [0.15, 0.2) is 11.2 Å². The number of carbonyl (C=O) groups is 1. The van der Waals surface area contributed by atoms with Crippen LogP contribution in [0.15, 0.2) is 4.79 Å². The average molecular weight is 353 g/mol. The minimum absolute atomic E-state index is 0.0237. The van der Waals surface area contributed by atoms with Crippen LogP contribution in [-0.2, 0) is 9.53 Å². The van der Waals surface area contributed by atoms with E-state index in [1.165, 1.54) is 0 Å². The summed E-state index contributed by atoms with van der Waals surface area (Å²) in [6.07, 6.45) is -4.61. The fourth-order valence-corrected chi connectivity index (χ4v) is 2.51.